The molecule has 1 aliphatic heterocycles. The summed E-state index contributed by atoms with van der Waals surface area (Å²) in [7, 11) is -3.64. The molecular formula is C22H27N5O5S. The van der Waals surface area contributed by atoms with Gasteiger partial charge in [-0.15, -0.1) is 0 Å². The number of benzene rings is 1. The van der Waals surface area contributed by atoms with E-state index in [1.165, 1.54) is 30.0 Å². The van der Waals surface area contributed by atoms with Crippen molar-refractivity contribution in [1.29, 1.82) is 0 Å². The third kappa shape index (κ3) is 6.75. The number of pyridine rings is 1. The van der Waals surface area contributed by atoms with Crippen LogP contribution in [-0.4, -0.2) is 55.4 Å². The number of hydrogen-bond acceptors (Lipinski definition) is 6. The largest absolute Gasteiger partial charge is 0.338 e. The van der Waals surface area contributed by atoms with Gasteiger partial charge in [-0.2, -0.15) is 0 Å². The predicted molar refractivity (Wildman–Crippen MR) is 125 cm³/mol. The van der Waals surface area contributed by atoms with Crippen LogP contribution in [0.5, 0.6) is 0 Å². The van der Waals surface area contributed by atoms with Crippen LogP contribution in [0.1, 0.15) is 35.8 Å². The molecule has 1 atom stereocenters. The zero-order valence-electron chi connectivity index (χ0n) is 18.7. The minimum Gasteiger partial charge on any atom is -0.338 e. The van der Waals surface area contributed by atoms with Gasteiger partial charge in [0.1, 0.15) is 5.82 Å². The molecule has 0 radical (unpaired) electrons. The third-order valence-corrected chi connectivity index (χ3v) is 5.68. The maximum absolute atomic E-state index is 13.3. The number of carbonyl (C=O) groups is 3. The van der Waals surface area contributed by atoms with Gasteiger partial charge in [0.15, 0.2) is 0 Å². The molecule has 0 bridgehead atoms. The van der Waals surface area contributed by atoms with Crippen LogP contribution in [0, 0.1) is 12.8 Å². The van der Waals surface area contributed by atoms with Crippen molar-refractivity contribution in [3.05, 3.63) is 47.7 Å². The molecule has 2 heterocycles. The van der Waals surface area contributed by atoms with Crippen LogP contribution in [0.3, 0.4) is 0 Å². The Hall–Kier alpha value is -3.47. The normalized spacial score (nSPS) is 16.1. The maximum Gasteiger partial charge on any atom is 0.256 e. The summed E-state index contributed by atoms with van der Waals surface area (Å²) in [5.41, 5.74) is 1.33. The molecule has 1 fully saturated rings. The number of piperidine rings is 1. The van der Waals surface area contributed by atoms with Crippen LogP contribution < -0.4 is 15.4 Å². The van der Waals surface area contributed by atoms with Crippen molar-refractivity contribution < 1.29 is 22.8 Å². The van der Waals surface area contributed by atoms with Gasteiger partial charge >= 0.3 is 0 Å². The van der Waals surface area contributed by atoms with E-state index in [9.17, 15) is 22.8 Å². The van der Waals surface area contributed by atoms with Gasteiger partial charge < -0.3 is 15.5 Å². The van der Waals surface area contributed by atoms with Gasteiger partial charge in [-0.1, -0.05) is 6.07 Å². The van der Waals surface area contributed by atoms with Crippen LogP contribution in [-0.2, 0) is 19.6 Å². The number of hydrogen-bond donors (Lipinski definition) is 3. The fraction of sp³-hybridized carbons (Fsp3) is 0.364. The molecular weight excluding hydrogens is 446 g/mol. The van der Waals surface area contributed by atoms with Gasteiger partial charge in [-0.05, 0) is 50.1 Å². The van der Waals surface area contributed by atoms with Gasteiger partial charge in [0.25, 0.3) is 5.91 Å². The summed E-state index contributed by atoms with van der Waals surface area (Å²) in [6, 6.07) is 9.69. The Bertz CT molecular complexity index is 1180. The summed E-state index contributed by atoms with van der Waals surface area (Å²) < 4.78 is 25.9. The van der Waals surface area contributed by atoms with Crippen molar-refractivity contribution in [2.75, 3.05) is 34.7 Å². The molecule has 0 aliphatic carbocycles. The Morgan fingerprint density at radius 2 is 1.88 bits per heavy atom. The molecule has 11 heteroatoms. The molecule has 3 N–H and O–H groups in total. The van der Waals surface area contributed by atoms with E-state index in [1.807, 2.05) is 13.0 Å². The minimum absolute atomic E-state index is 0.0908. The summed E-state index contributed by atoms with van der Waals surface area (Å²) in [6.45, 7) is 3.77. The molecule has 1 aromatic heterocycles. The molecule has 33 heavy (non-hydrogen) atoms. The Morgan fingerprint density at radius 1 is 1.12 bits per heavy atom. The number of amides is 3. The van der Waals surface area contributed by atoms with Crippen molar-refractivity contribution in [3.8, 4) is 0 Å². The number of carbonyl (C=O) groups excluding carboxylic acids is 3. The summed E-state index contributed by atoms with van der Waals surface area (Å²) in [6.07, 6.45) is 2.22. The quantitative estimate of drug-likeness (QED) is 0.588. The number of aromatic nitrogens is 1. The molecule has 2 aromatic rings. The summed E-state index contributed by atoms with van der Waals surface area (Å²) in [4.78, 5) is 43.4. The van der Waals surface area contributed by atoms with Crippen molar-refractivity contribution >= 4 is 44.9 Å². The van der Waals surface area contributed by atoms with E-state index < -0.39 is 21.8 Å². The summed E-state index contributed by atoms with van der Waals surface area (Å²) in [5.74, 6) is -0.968. The highest BCUT2D eigenvalue weighted by atomic mass is 32.2. The standard InChI is InChI=1S/C22H27N5O5S/c1-14-6-4-8-20(23-14)25-21(29)16-7-5-11-27(13-16)22(30)18-12-17(24-15(2)28)9-10-19(18)26-33(3,31)32/h4,6,8-10,12,16,26H,5,7,11,13H2,1-3H3,(H,24,28)(H,23,25,29). The first-order valence-corrected chi connectivity index (χ1v) is 12.3. The highest BCUT2D eigenvalue weighted by Crippen LogP contribution is 2.26. The lowest BCUT2D eigenvalue weighted by atomic mass is 9.96. The van der Waals surface area contributed by atoms with E-state index in [0.29, 0.717) is 30.9 Å². The van der Waals surface area contributed by atoms with Gasteiger partial charge in [0.05, 0.1) is 23.4 Å². The van der Waals surface area contributed by atoms with E-state index >= 15 is 0 Å². The molecule has 176 valence electrons. The van der Waals surface area contributed by atoms with Crippen LogP contribution in [0.4, 0.5) is 17.2 Å². The zero-order chi connectivity index (χ0) is 24.2. The van der Waals surface area contributed by atoms with E-state index in [4.69, 9.17) is 0 Å². The number of sulfonamides is 1. The third-order valence-electron chi connectivity index (χ3n) is 5.08. The maximum atomic E-state index is 13.3. The van der Waals surface area contributed by atoms with E-state index in [0.717, 1.165) is 11.9 Å². The average Bonchev–Trinajstić information content (AvgIpc) is 2.73. The molecule has 1 unspecified atom stereocenters. The first-order valence-electron chi connectivity index (χ1n) is 10.4. The summed E-state index contributed by atoms with van der Waals surface area (Å²) in [5, 5.41) is 5.39. The van der Waals surface area contributed by atoms with E-state index in [1.54, 1.807) is 12.1 Å². The number of nitrogens with zero attached hydrogens (tertiary/aromatic N) is 2. The molecule has 1 aromatic carbocycles. The number of rotatable bonds is 6. The number of nitrogens with one attached hydrogen (secondary N) is 3. The Kier molecular flexibility index (Phi) is 7.32. The highest BCUT2D eigenvalue weighted by Gasteiger charge is 2.30. The van der Waals surface area contributed by atoms with Crippen molar-refractivity contribution in [1.82, 2.24) is 9.88 Å². The minimum atomic E-state index is -3.64. The van der Waals surface area contributed by atoms with Crippen LogP contribution in [0.15, 0.2) is 36.4 Å². The van der Waals surface area contributed by atoms with Crippen LogP contribution >= 0.6 is 0 Å². The van der Waals surface area contributed by atoms with E-state index in [2.05, 4.69) is 20.3 Å². The first-order chi connectivity index (χ1) is 15.5. The Labute approximate surface area is 192 Å². The van der Waals surface area contributed by atoms with Crippen molar-refractivity contribution in [2.24, 2.45) is 5.92 Å². The molecule has 3 amide bonds. The molecule has 1 saturated heterocycles. The zero-order valence-corrected chi connectivity index (χ0v) is 19.5. The van der Waals surface area contributed by atoms with Crippen molar-refractivity contribution in [3.63, 3.8) is 0 Å². The van der Waals surface area contributed by atoms with E-state index in [-0.39, 0.29) is 29.6 Å². The molecule has 0 saturated carbocycles. The second-order valence-corrected chi connectivity index (χ2v) is 9.81. The topological polar surface area (TPSA) is 138 Å². The lowest BCUT2D eigenvalue weighted by Crippen LogP contribution is -2.44. The van der Waals surface area contributed by atoms with Crippen molar-refractivity contribution in [2.45, 2.75) is 26.7 Å². The monoisotopic (exact) mass is 473 g/mol. The molecule has 10 nitrogen and oxygen atoms in total. The van der Waals surface area contributed by atoms with Gasteiger partial charge in [-0.25, -0.2) is 13.4 Å². The lowest BCUT2D eigenvalue weighted by molar-refractivity contribution is -0.121. The Morgan fingerprint density at radius 3 is 2.55 bits per heavy atom. The summed E-state index contributed by atoms with van der Waals surface area (Å²) >= 11 is 0. The second kappa shape index (κ2) is 9.99. The van der Waals surface area contributed by atoms with Gasteiger partial charge in [-0.3, -0.25) is 19.1 Å². The molecule has 0 spiro atoms. The fourth-order valence-corrected chi connectivity index (χ4v) is 4.26. The van der Waals surface area contributed by atoms with Crippen LogP contribution in [0.2, 0.25) is 0 Å². The predicted octanol–water partition coefficient (Wildman–Crippen LogP) is 2.21. The van der Waals surface area contributed by atoms with Crippen LogP contribution in [0.25, 0.3) is 0 Å². The number of anilines is 3. The highest BCUT2D eigenvalue weighted by molar-refractivity contribution is 7.92. The smallest absolute Gasteiger partial charge is 0.256 e. The number of likely N-dealkylation sites (tertiary alicyclic amines) is 1. The molecule has 3 rings (SSSR count). The fourth-order valence-electron chi connectivity index (χ4n) is 3.68. The second-order valence-electron chi connectivity index (χ2n) is 8.06. The lowest BCUT2D eigenvalue weighted by Gasteiger charge is -2.32. The Balaban J connectivity index is 1.81. The van der Waals surface area contributed by atoms with Gasteiger partial charge in [0, 0.05) is 31.4 Å². The van der Waals surface area contributed by atoms with Gasteiger partial charge in [0.2, 0.25) is 21.8 Å². The number of aryl methyl sites for hydroxylation is 1. The first kappa shape index (κ1) is 24.2. The average molecular weight is 474 g/mol. The molecule has 1 aliphatic rings. The SMILES string of the molecule is CC(=O)Nc1ccc(NS(C)(=O)=O)c(C(=O)N2CCCC(C(=O)Nc3cccc(C)n3)C2)c1.